The molecule has 0 saturated heterocycles. The van der Waals surface area contributed by atoms with Crippen molar-refractivity contribution in [1.29, 1.82) is 0 Å². The van der Waals surface area contributed by atoms with Crippen LogP contribution in [0.2, 0.25) is 0 Å². The lowest BCUT2D eigenvalue weighted by molar-refractivity contribution is 0.397. The van der Waals surface area contributed by atoms with Crippen LogP contribution < -0.4 is 4.74 Å². The Bertz CT molecular complexity index is 639. The van der Waals surface area contributed by atoms with Gasteiger partial charge in [0.15, 0.2) is 0 Å². The van der Waals surface area contributed by atoms with E-state index in [4.69, 9.17) is 4.74 Å². The average molecular weight is 337 g/mol. The maximum atomic E-state index is 5.49. The number of halogens is 1. The summed E-state index contributed by atoms with van der Waals surface area (Å²) in [5.74, 6) is 0.927. The van der Waals surface area contributed by atoms with Gasteiger partial charge in [0.25, 0.3) is 0 Å². The van der Waals surface area contributed by atoms with Crippen molar-refractivity contribution in [1.82, 2.24) is 9.78 Å². The second-order valence-electron chi connectivity index (χ2n) is 6.04. The molecule has 0 aliphatic carbocycles. The number of hydrogen-bond donors (Lipinski definition) is 0. The van der Waals surface area contributed by atoms with Gasteiger partial charge in [-0.05, 0) is 46.5 Å². The molecule has 0 radical (unpaired) electrons. The molecule has 2 aromatic rings. The number of ether oxygens (including phenoxy) is 1. The highest BCUT2D eigenvalue weighted by atomic mass is 79.9. The fourth-order valence-corrected chi connectivity index (χ4v) is 2.95. The average Bonchev–Trinajstić information content (AvgIpc) is 2.61. The molecule has 4 heteroatoms. The Morgan fingerprint density at radius 3 is 2.35 bits per heavy atom. The van der Waals surface area contributed by atoms with E-state index in [0.29, 0.717) is 0 Å². The topological polar surface area (TPSA) is 27.1 Å². The van der Waals surface area contributed by atoms with Crippen molar-refractivity contribution in [2.24, 2.45) is 7.05 Å². The third-order valence-electron chi connectivity index (χ3n) is 3.43. The monoisotopic (exact) mass is 336 g/mol. The standard InChI is InChI=1S/C16H21BrN2O/c1-10-14(17)15(19(5)18-10)11-7-8-13(20-6)12(9-11)16(2,3)4/h7-9H,1-6H3. The normalized spacial score (nSPS) is 11.8. The highest BCUT2D eigenvalue weighted by Gasteiger charge is 2.21. The van der Waals surface area contributed by atoms with Crippen LogP contribution in [0.25, 0.3) is 11.3 Å². The van der Waals surface area contributed by atoms with Crippen LogP contribution in [-0.2, 0) is 12.5 Å². The second kappa shape index (κ2) is 5.24. The van der Waals surface area contributed by atoms with E-state index in [1.54, 1.807) is 7.11 Å². The highest BCUT2D eigenvalue weighted by molar-refractivity contribution is 9.10. The summed E-state index contributed by atoms with van der Waals surface area (Å²) in [7, 11) is 3.68. The SMILES string of the molecule is COc1ccc(-c2c(Br)c(C)nn2C)cc1C(C)(C)C. The van der Waals surface area contributed by atoms with Crippen LogP contribution in [0, 0.1) is 6.92 Å². The summed E-state index contributed by atoms with van der Waals surface area (Å²) in [5, 5.41) is 4.46. The van der Waals surface area contributed by atoms with Gasteiger partial charge < -0.3 is 4.74 Å². The maximum Gasteiger partial charge on any atom is 0.122 e. The lowest BCUT2D eigenvalue weighted by Gasteiger charge is -2.23. The van der Waals surface area contributed by atoms with Crippen LogP contribution in [0.4, 0.5) is 0 Å². The van der Waals surface area contributed by atoms with E-state index < -0.39 is 0 Å². The van der Waals surface area contributed by atoms with E-state index in [9.17, 15) is 0 Å². The molecule has 1 aromatic carbocycles. The molecule has 20 heavy (non-hydrogen) atoms. The molecule has 2 rings (SSSR count). The first-order valence-electron chi connectivity index (χ1n) is 6.63. The van der Waals surface area contributed by atoms with Crippen molar-refractivity contribution in [2.75, 3.05) is 7.11 Å². The molecular formula is C16H21BrN2O. The van der Waals surface area contributed by atoms with Crippen LogP contribution in [0.15, 0.2) is 22.7 Å². The van der Waals surface area contributed by atoms with Gasteiger partial charge in [-0.25, -0.2) is 0 Å². The lowest BCUT2D eigenvalue weighted by Crippen LogP contribution is -2.13. The van der Waals surface area contributed by atoms with Crippen molar-refractivity contribution in [2.45, 2.75) is 33.1 Å². The third-order valence-corrected chi connectivity index (χ3v) is 4.38. The van der Waals surface area contributed by atoms with Crippen LogP contribution in [0.5, 0.6) is 5.75 Å². The first-order chi connectivity index (χ1) is 9.25. The molecule has 0 fully saturated rings. The van der Waals surface area contributed by atoms with E-state index in [2.05, 4.69) is 53.9 Å². The quantitative estimate of drug-likeness (QED) is 0.809. The van der Waals surface area contributed by atoms with Crippen LogP contribution in [0.3, 0.4) is 0 Å². The number of hydrogen-bond acceptors (Lipinski definition) is 2. The van der Waals surface area contributed by atoms with Gasteiger partial charge in [0, 0.05) is 18.2 Å². The minimum absolute atomic E-state index is 0.0292. The number of methoxy groups -OCH3 is 1. The zero-order valence-electron chi connectivity index (χ0n) is 12.9. The Balaban J connectivity index is 2.65. The minimum Gasteiger partial charge on any atom is -0.496 e. The summed E-state index contributed by atoms with van der Waals surface area (Å²) in [5.41, 5.74) is 4.46. The number of rotatable bonds is 2. The van der Waals surface area contributed by atoms with Gasteiger partial charge in [-0.2, -0.15) is 5.10 Å². The fraction of sp³-hybridized carbons (Fsp3) is 0.438. The molecule has 1 heterocycles. The zero-order valence-corrected chi connectivity index (χ0v) is 14.5. The largest absolute Gasteiger partial charge is 0.496 e. The number of nitrogens with zero attached hydrogens (tertiary/aromatic N) is 2. The Kier molecular flexibility index (Phi) is 3.96. The first kappa shape index (κ1) is 15.1. The van der Waals surface area contributed by atoms with E-state index in [1.165, 1.54) is 5.56 Å². The molecular weight excluding hydrogens is 316 g/mol. The molecule has 1 aromatic heterocycles. The molecule has 0 bridgehead atoms. The van der Waals surface area contributed by atoms with E-state index >= 15 is 0 Å². The smallest absolute Gasteiger partial charge is 0.122 e. The summed E-state index contributed by atoms with van der Waals surface area (Å²) in [4.78, 5) is 0. The molecule has 0 N–H and O–H groups in total. The van der Waals surface area contributed by atoms with Crippen LogP contribution in [0.1, 0.15) is 32.0 Å². The lowest BCUT2D eigenvalue weighted by atomic mass is 9.85. The zero-order chi connectivity index (χ0) is 15.1. The summed E-state index contributed by atoms with van der Waals surface area (Å²) < 4.78 is 8.45. The van der Waals surface area contributed by atoms with Gasteiger partial charge in [-0.15, -0.1) is 0 Å². The molecule has 0 spiro atoms. The minimum atomic E-state index is 0.0292. The molecule has 3 nitrogen and oxygen atoms in total. The van der Waals surface area contributed by atoms with Gasteiger partial charge in [0.05, 0.1) is 23.0 Å². The molecule has 0 atom stereocenters. The van der Waals surface area contributed by atoms with Crippen LogP contribution in [-0.4, -0.2) is 16.9 Å². The van der Waals surface area contributed by atoms with Crippen molar-refractivity contribution < 1.29 is 4.74 Å². The number of aryl methyl sites for hydroxylation is 2. The predicted octanol–water partition coefficient (Wildman–Crippen LogP) is 4.46. The van der Waals surface area contributed by atoms with E-state index in [-0.39, 0.29) is 5.41 Å². The van der Waals surface area contributed by atoms with E-state index in [0.717, 1.165) is 27.2 Å². The molecule has 0 amide bonds. The summed E-state index contributed by atoms with van der Waals surface area (Å²) >= 11 is 3.63. The Labute approximate surface area is 129 Å². The Morgan fingerprint density at radius 2 is 1.90 bits per heavy atom. The van der Waals surface area contributed by atoms with Crippen molar-refractivity contribution in [3.05, 3.63) is 33.9 Å². The van der Waals surface area contributed by atoms with Crippen molar-refractivity contribution >= 4 is 15.9 Å². The highest BCUT2D eigenvalue weighted by Crippen LogP contribution is 2.37. The van der Waals surface area contributed by atoms with Gasteiger partial charge in [0.1, 0.15) is 5.75 Å². The maximum absolute atomic E-state index is 5.49. The summed E-state index contributed by atoms with van der Waals surface area (Å²) in [6.45, 7) is 8.58. The molecule has 0 saturated carbocycles. The van der Waals surface area contributed by atoms with Gasteiger partial charge in [0.2, 0.25) is 0 Å². The third kappa shape index (κ3) is 2.62. The van der Waals surface area contributed by atoms with Gasteiger partial charge in [-0.1, -0.05) is 20.8 Å². The van der Waals surface area contributed by atoms with Crippen LogP contribution >= 0.6 is 15.9 Å². The molecule has 0 aliphatic heterocycles. The first-order valence-corrected chi connectivity index (χ1v) is 7.43. The van der Waals surface area contributed by atoms with Gasteiger partial charge in [-0.3, -0.25) is 4.68 Å². The van der Waals surface area contributed by atoms with Crippen molar-refractivity contribution in [3.8, 4) is 17.0 Å². The Morgan fingerprint density at radius 1 is 1.25 bits per heavy atom. The second-order valence-corrected chi connectivity index (χ2v) is 6.83. The molecule has 108 valence electrons. The number of aromatic nitrogens is 2. The summed E-state index contributed by atoms with van der Waals surface area (Å²) in [6, 6.07) is 6.31. The summed E-state index contributed by atoms with van der Waals surface area (Å²) in [6.07, 6.45) is 0. The number of benzene rings is 1. The van der Waals surface area contributed by atoms with Crippen molar-refractivity contribution in [3.63, 3.8) is 0 Å². The molecule has 0 unspecified atom stereocenters. The Hall–Kier alpha value is -1.29. The predicted molar refractivity (Wildman–Crippen MR) is 86.3 cm³/mol. The fourth-order valence-electron chi connectivity index (χ4n) is 2.39. The van der Waals surface area contributed by atoms with E-state index in [1.807, 2.05) is 24.7 Å². The molecule has 0 aliphatic rings. The van der Waals surface area contributed by atoms with Gasteiger partial charge >= 0.3 is 0 Å².